The van der Waals surface area contributed by atoms with Crippen LogP contribution in [0.3, 0.4) is 0 Å². The van der Waals surface area contributed by atoms with E-state index in [-0.39, 0.29) is 24.1 Å². The zero-order valence-corrected chi connectivity index (χ0v) is 17.3. The summed E-state index contributed by atoms with van der Waals surface area (Å²) in [6, 6.07) is 6.47. The summed E-state index contributed by atoms with van der Waals surface area (Å²) in [5, 5.41) is 3.36. The van der Waals surface area contributed by atoms with E-state index in [0.717, 1.165) is 57.3 Å². The fraction of sp³-hybridized carbons (Fsp3) is 0.636. The monoisotopic (exact) mass is 392 g/mol. The van der Waals surface area contributed by atoms with Gasteiger partial charge in [-0.2, -0.15) is 0 Å². The standard InChI is InChI=1S/C22H32N2O2.ClH/c1-2-15-24(20-11-13-23-14-12-20)22(26)10-9-21(25)19-8-7-17-5-3-4-6-18(17)16-19;/h7-8,16,20,23H,2-6,9-15H2,1H3;1H. The van der Waals surface area contributed by atoms with Crippen LogP contribution in [-0.2, 0) is 17.6 Å². The first-order valence-electron chi connectivity index (χ1n) is 10.3. The van der Waals surface area contributed by atoms with Crippen LogP contribution in [-0.4, -0.2) is 42.3 Å². The Morgan fingerprint density at radius 3 is 2.48 bits per heavy atom. The summed E-state index contributed by atoms with van der Waals surface area (Å²) in [7, 11) is 0. The molecule has 1 aliphatic heterocycles. The van der Waals surface area contributed by atoms with Crippen LogP contribution in [0.4, 0.5) is 0 Å². The van der Waals surface area contributed by atoms with Crippen LogP contribution in [0.5, 0.6) is 0 Å². The lowest BCUT2D eigenvalue weighted by Gasteiger charge is -2.34. The second kappa shape index (κ2) is 10.8. The van der Waals surface area contributed by atoms with Gasteiger partial charge in [0, 0.05) is 31.0 Å². The number of carbonyl (C=O) groups is 2. The zero-order valence-electron chi connectivity index (χ0n) is 16.5. The fourth-order valence-electron chi connectivity index (χ4n) is 4.29. The van der Waals surface area contributed by atoms with E-state index in [2.05, 4.69) is 24.4 Å². The number of nitrogens with one attached hydrogen (secondary N) is 1. The maximum absolute atomic E-state index is 12.8. The van der Waals surface area contributed by atoms with Crippen molar-refractivity contribution in [3.05, 3.63) is 34.9 Å². The molecule has 1 saturated heterocycles. The second-order valence-electron chi connectivity index (χ2n) is 7.68. The lowest BCUT2D eigenvalue weighted by atomic mass is 9.89. The van der Waals surface area contributed by atoms with Gasteiger partial charge in [-0.05, 0) is 75.2 Å². The van der Waals surface area contributed by atoms with Gasteiger partial charge in [0.25, 0.3) is 0 Å². The topological polar surface area (TPSA) is 49.4 Å². The number of Topliss-reactive ketones (excluding diaryl/α,β-unsaturated/α-hetero) is 1. The van der Waals surface area contributed by atoms with Gasteiger partial charge in [0.1, 0.15) is 0 Å². The number of rotatable bonds is 7. The molecule has 5 heteroatoms. The summed E-state index contributed by atoms with van der Waals surface area (Å²) in [5.74, 6) is 0.249. The van der Waals surface area contributed by atoms with Crippen molar-refractivity contribution in [3.8, 4) is 0 Å². The number of carbonyl (C=O) groups excluding carboxylic acids is 2. The number of piperidine rings is 1. The highest BCUT2D eigenvalue weighted by Crippen LogP contribution is 2.23. The number of nitrogens with zero attached hydrogens (tertiary/aromatic N) is 1. The Hall–Kier alpha value is -1.39. The van der Waals surface area contributed by atoms with E-state index in [9.17, 15) is 9.59 Å². The minimum Gasteiger partial charge on any atom is -0.340 e. The van der Waals surface area contributed by atoms with Crippen molar-refractivity contribution in [1.82, 2.24) is 10.2 Å². The summed E-state index contributed by atoms with van der Waals surface area (Å²) in [6.07, 6.45) is 8.33. The van der Waals surface area contributed by atoms with Crippen LogP contribution in [0.2, 0.25) is 0 Å². The Kier molecular flexibility index (Phi) is 8.78. The Morgan fingerprint density at radius 1 is 1.07 bits per heavy atom. The summed E-state index contributed by atoms with van der Waals surface area (Å²) in [4.78, 5) is 27.4. The molecule has 1 heterocycles. The molecule has 0 spiro atoms. The molecule has 27 heavy (non-hydrogen) atoms. The lowest BCUT2D eigenvalue weighted by Crippen LogP contribution is -2.46. The van der Waals surface area contributed by atoms with Crippen LogP contribution in [0, 0.1) is 0 Å². The van der Waals surface area contributed by atoms with Crippen molar-refractivity contribution in [2.75, 3.05) is 19.6 Å². The average Bonchev–Trinajstić information content (AvgIpc) is 2.70. The Bertz CT molecular complexity index is 641. The van der Waals surface area contributed by atoms with Gasteiger partial charge < -0.3 is 10.2 Å². The number of halogens is 1. The van der Waals surface area contributed by atoms with Crippen LogP contribution in [0.15, 0.2) is 18.2 Å². The molecule has 0 bridgehead atoms. The van der Waals surface area contributed by atoms with Gasteiger partial charge in [0.15, 0.2) is 5.78 Å². The predicted octanol–water partition coefficient (Wildman–Crippen LogP) is 3.94. The van der Waals surface area contributed by atoms with Gasteiger partial charge in [-0.25, -0.2) is 0 Å². The van der Waals surface area contributed by atoms with Crippen LogP contribution in [0.1, 0.15) is 73.4 Å². The zero-order chi connectivity index (χ0) is 18.4. The van der Waals surface area contributed by atoms with Gasteiger partial charge in [-0.3, -0.25) is 9.59 Å². The number of amides is 1. The third-order valence-electron chi connectivity index (χ3n) is 5.77. The molecule has 0 aromatic heterocycles. The number of hydrogen-bond donors (Lipinski definition) is 1. The van der Waals surface area contributed by atoms with Crippen molar-refractivity contribution in [3.63, 3.8) is 0 Å². The molecular formula is C22H33ClN2O2. The van der Waals surface area contributed by atoms with Gasteiger partial charge in [0.05, 0.1) is 0 Å². The van der Waals surface area contributed by atoms with Crippen LogP contribution < -0.4 is 5.32 Å². The third-order valence-corrected chi connectivity index (χ3v) is 5.77. The van der Waals surface area contributed by atoms with E-state index >= 15 is 0 Å². The second-order valence-corrected chi connectivity index (χ2v) is 7.68. The minimum absolute atomic E-state index is 0. The highest BCUT2D eigenvalue weighted by molar-refractivity contribution is 5.98. The first kappa shape index (κ1) is 21.9. The lowest BCUT2D eigenvalue weighted by molar-refractivity contribution is -0.134. The molecule has 1 amide bonds. The molecule has 0 atom stereocenters. The molecule has 1 aromatic carbocycles. The maximum Gasteiger partial charge on any atom is 0.223 e. The van der Waals surface area contributed by atoms with E-state index in [0.29, 0.717) is 18.9 Å². The van der Waals surface area contributed by atoms with E-state index in [4.69, 9.17) is 0 Å². The largest absolute Gasteiger partial charge is 0.340 e. The van der Waals surface area contributed by atoms with Crippen molar-refractivity contribution in [2.45, 2.75) is 70.8 Å². The van der Waals surface area contributed by atoms with E-state index in [1.807, 2.05) is 11.0 Å². The average molecular weight is 393 g/mol. The van der Waals surface area contributed by atoms with Crippen LogP contribution in [0.25, 0.3) is 0 Å². The molecule has 0 radical (unpaired) electrons. The molecule has 2 aliphatic rings. The Labute approximate surface area is 169 Å². The minimum atomic E-state index is 0. The third kappa shape index (κ3) is 5.79. The first-order chi connectivity index (χ1) is 12.7. The molecule has 1 aliphatic carbocycles. The molecule has 4 nitrogen and oxygen atoms in total. The predicted molar refractivity (Wildman–Crippen MR) is 112 cm³/mol. The molecule has 1 aromatic rings. The van der Waals surface area contributed by atoms with Gasteiger partial charge >= 0.3 is 0 Å². The normalized spacial score (nSPS) is 16.9. The number of hydrogen-bond acceptors (Lipinski definition) is 3. The molecule has 1 fully saturated rings. The van der Waals surface area contributed by atoms with E-state index in [1.54, 1.807) is 0 Å². The highest BCUT2D eigenvalue weighted by atomic mass is 35.5. The quantitative estimate of drug-likeness (QED) is 0.715. The number of benzene rings is 1. The summed E-state index contributed by atoms with van der Waals surface area (Å²) >= 11 is 0. The number of fused-ring (bicyclic) bond motifs is 1. The van der Waals surface area contributed by atoms with Crippen molar-refractivity contribution < 1.29 is 9.59 Å². The Balaban J connectivity index is 0.00000261. The summed E-state index contributed by atoms with van der Waals surface area (Å²) in [5.41, 5.74) is 3.50. The SMILES string of the molecule is CCCN(C(=O)CCC(=O)c1ccc2c(c1)CCCC2)C1CCNCC1.Cl. The molecule has 3 rings (SSSR count). The van der Waals surface area contributed by atoms with Crippen molar-refractivity contribution in [1.29, 1.82) is 0 Å². The summed E-state index contributed by atoms with van der Waals surface area (Å²) < 4.78 is 0. The van der Waals surface area contributed by atoms with Crippen LogP contribution >= 0.6 is 12.4 Å². The maximum atomic E-state index is 12.8. The van der Waals surface area contributed by atoms with Gasteiger partial charge in [-0.1, -0.05) is 19.1 Å². The Morgan fingerprint density at radius 2 is 1.78 bits per heavy atom. The van der Waals surface area contributed by atoms with Crippen molar-refractivity contribution in [2.24, 2.45) is 0 Å². The molecule has 0 saturated carbocycles. The number of ketones is 1. The van der Waals surface area contributed by atoms with Gasteiger partial charge in [0.2, 0.25) is 5.91 Å². The molecule has 0 unspecified atom stereocenters. The molecule has 150 valence electrons. The molecular weight excluding hydrogens is 360 g/mol. The van der Waals surface area contributed by atoms with Gasteiger partial charge in [-0.15, -0.1) is 12.4 Å². The first-order valence-corrected chi connectivity index (χ1v) is 10.3. The fourth-order valence-corrected chi connectivity index (χ4v) is 4.29. The summed E-state index contributed by atoms with van der Waals surface area (Å²) in [6.45, 7) is 4.87. The van der Waals surface area contributed by atoms with E-state index < -0.39 is 0 Å². The van der Waals surface area contributed by atoms with E-state index in [1.165, 1.54) is 24.0 Å². The van der Waals surface area contributed by atoms with Crippen molar-refractivity contribution >= 4 is 24.1 Å². The molecule has 1 N–H and O–H groups in total. The highest BCUT2D eigenvalue weighted by Gasteiger charge is 2.25. The number of aryl methyl sites for hydroxylation is 2. The smallest absolute Gasteiger partial charge is 0.223 e.